The Kier molecular flexibility index (Phi) is 6.83. The highest BCUT2D eigenvalue weighted by molar-refractivity contribution is 6.12. The number of ether oxygens (including phenoxy) is 4. The summed E-state index contributed by atoms with van der Waals surface area (Å²) in [5, 5.41) is 0. The minimum Gasteiger partial charge on any atom is -0.443 e. The number of carbonyl (C=O) groups is 2. The Balaban J connectivity index is 1.76. The van der Waals surface area contributed by atoms with E-state index in [4.69, 9.17) is 18.9 Å². The molecule has 2 amide bonds. The highest BCUT2D eigenvalue weighted by Gasteiger charge is 2.54. The minimum atomic E-state index is -0.919. The first kappa shape index (κ1) is 27.0. The van der Waals surface area contributed by atoms with Crippen LogP contribution < -0.4 is 4.90 Å². The number of nitrogens with zero attached hydrogens (tertiary/aromatic N) is 5. The molecule has 2 aliphatic rings. The second-order valence-electron chi connectivity index (χ2n) is 12.0. The van der Waals surface area contributed by atoms with E-state index in [-0.39, 0.29) is 35.5 Å². The van der Waals surface area contributed by atoms with Gasteiger partial charge in [-0.05, 0) is 74.1 Å². The van der Waals surface area contributed by atoms with Gasteiger partial charge < -0.3 is 23.5 Å². The molecule has 3 heterocycles. The molecular formula is C26H37N5O6. The number of anilines is 1. The van der Waals surface area contributed by atoms with Crippen molar-refractivity contribution in [2.24, 2.45) is 5.92 Å². The fourth-order valence-corrected chi connectivity index (χ4v) is 4.88. The Hall–Kier alpha value is -3.05. The first-order valence-corrected chi connectivity index (χ1v) is 12.5. The summed E-state index contributed by atoms with van der Waals surface area (Å²) in [5.74, 6) is -0.518. The van der Waals surface area contributed by atoms with Crippen molar-refractivity contribution in [3.63, 3.8) is 0 Å². The number of hydrogen-bond donors (Lipinski definition) is 0. The summed E-state index contributed by atoms with van der Waals surface area (Å²) in [4.78, 5) is 40.4. The molecule has 2 aromatic heterocycles. The van der Waals surface area contributed by atoms with Crippen LogP contribution in [0.3, 0.4) is 0 Å². The fourth-order valence-electron chi connectivity index (χ4n) is 4.88. The average Bonchev–Trinajstić information content (AvgIpc) is 3.37. The molecule has 1 aliphatic carbocycles. The molecule has 0 radical (unpaired) electrons. The van der Waals surface area contributed by atoms with Gasteiger partial charge in [0.05, 0.1) is 18.5 Å². The topological polar surface area (TPSA) is 118 Å². The summed E-state index contributed by atoms with van der Waals surface area (Å²) in [6, 6.07) is -0.124. The van der Waals surface area contributed by atoms with E-state index < -0.39 is 29.2 Å². The Labute approximate surface area is 217 Å². The first-order chi connectivity index (χ1) is 17.1. The van der Waals surface area contributed by atoms with Crippen molar-refractivity contribution in [2.75, 3.05) is 4.90 Å². The van der Waals surface area contributed by atoms with Crippen LogP contribution in [0, 0.1) is 5.92 Å². The van der Waals surface area contributed by atoms with E-state index in [2.05, 4.69) is 21.5 Å². The molecule has 202 valence electrons. The Bertz CT molecular complexity index is 1170. The molecule has 0 bridgehead atoms. The largest absolute Gasteiger partial charge is 0.443 e. The molecule has 1 aliphatic heterocycles. The third kappa shape index (κ3) is 5.62. The van der Waals surface area contributed by atoms with E-state index >= 15 is 0 Å². The van der Waals surface area contributed by atoms with Crippen molar-refractivity contribution in [1.29, 1.82) is 0 Å². The van der Waals surface area contributed by atoms with Crippen LogP contribution in [0.2, 0.25) is 0 Å². The molecule has 11 heteroatoms. The lowest BCUT2D eigenvalue weighted by Gasteiger charge is -2.28. The minimum absolute atomic E-state index is 0.0200. The van der Waals surface area contributed by atoms with Crippen LogP contribution in [-0.4, -0.2) is 60.9 Å². The Morgan fingerprint density at radius 3 is 2.24 bits per heavy atom. The van der Waals surface area contributed by atoms with Crippen molar-refractivity contribution in [1.82, 2.24) is 19.5 Å². The highest BCUT2D eigenvalue weighted by atomic mass is 16.8. The summed E-state index contributed by atoms with van der Waals surface area (Å²) in [6.07, 6.45) is 4.22. The Morgan fingerprint density at radius 2 is 1.68 bits per heavy atom. The third-order valence-corrected chi connectivity index (χ3v) is 6.08. The standard InChI is InChI=1S/C26H37N5O6/c1-10-11-15-12-16(19-18(15)34-26(8,9)35-19)30-14-29-17-20(30)27-13-28-21(17)31(22(32)36-24(2,3)4)23(33)37-25(5,6)7/h10,13-16,18-19H,1,11-12H2,2-9H3/t15-,16+,18+,19-/m0/s1. The van der Waals surface area contributed by atoms with E-state index in [1.165, 1.54) is 6.33 Å². The molecule has 11 nitrogen and oxygen atoms in total. The van der Waals surface area contributed by atoms with Gasteiger partial charge in [0.15, 0.2) is 22.8 Å². The van der Waals surface area contributed by atoms with Gasteiger partial charge in [-0.25, -0.2) is 24.5 Å². The van der Waals surface area contributed by atoms with Gasteiger partial charge in [-0.2, -0.15) is 4.90 Å². The van der Waals surface area contributed by atoms with E-state index in [0.717, 1.165) is 17.7 Å². The number of allylic oxidation sites excluding steroid dienone is 1. The van der Waals surface area contributed by atoms with Crippen molar-refractivity contribution < 1.29 is 28.5 Å². The smallest absolute Gasteiger partial charge is 0.425 e. The van der Waals surface area contributed by atoms with Crippen LogP contribution in [0.4, 0.5) is 15.4 Å². The molecule has 2 aromatic rings. The predicted octanol–water partition coefficient (Wildman–Crippen LogP) is 5.16. The van der Waals surface area contributed by atoms with Crippen LogP contribution in [0.15, 0.2) is 25.3 Å². The van der Waals surface area contributed by atoms with Crippen molar-refractivity contribution in [2.45, 2.75) is 103 Å². The maximum Gasteiger partial charge on any atom is 0.425 e. The van der Waals surface area contributed by atoms with Gasteiger partial charge in [0.1, 0.15) is 23.6 Å². The van der Waals surface area contributed by atoms with Gasteiger partial charge in [0.25, 0.3) is 0 Å². The zero-order valence-electron chi connectivity index (χ0n) is 22.8. The maximum atomic E-state index is 13.2. The zero-order chi connectivity index (χ0) is 27.3. The summed E-state index contributed by atoms with van der Waals surface area (Å²) in [5.41, 5.74) is -0.984. The summed E-state index contributed by atoms with van der Waals surface area (Å²) >= 11 is 0. The van der Waals surface area contributed by atoms with Crippen LogP contribution >= 0.6 is 0 Å². The molecule has 4 rings (SSSR count). The van der Waals surface area contributed by atoms with Gasteiger partial charge in [-0.3, -0.25) is 0 Å². The summed E-state index contributed by atoms with van der Waals surface area (Å²) in [6.45, 7) is 18.0. The number of hydrogen-bond acceptors (Lipinski definition) is 9. The fraction of sp³-hybridized carbons (Fsp3) is 0.654. The molecule has 1 saturated carbocycles. The SMILES string of the molecule is C=CC[C@H]1C[C@@H](n2cnc3c(N(C(=O)OC(C)(C)C)C(=O)OC(C)(C)C)ncnc32)[C@@H]2OC(C)(C)O[C@H]12. The highest BCUT2D eigenvalue weighted by Crippen LogP contribution is 2.48. The van der Waals surface area contributed by atoms with E-state index in [1.807, 2.05) is 24.5 Å². The number of amides is 2. The average molecular weight is 516 g/mol. The van der Waals surface area contributed by atoms with Crippen molar-refractivity contribution in [3.05, 3.63) is 25.3 Å². The molecule has 0 aromatic carbocycles. The van der Waals surface area contributed by atoms with Crippen LogP contribution in [0.25, 0.3) is 11.2 Å². The molecule has 2 fully saturated rings. The van der Waals surface area contributed by atoms with Crippen molar-refractivity contribution >= 4 is 29.2 Å². The maximum absolute atomic E-state index is 13.2. The second-order valence-corrected chi connectivity index (χ2v) is 12.0. The van der Waals surface area contributed by atoms with Gasteiger partial charge in [0, 0.05) is 0 Å². The quantitative estimate of drug-likeness (QED) is 0.509. The molecule has 4 atom stereocenters. The molecule has 0 unspecified atom stereocenters. The van der Waals surface area contributed by atoms with E-state index in [9.17, 15) is 9.59 Å². The van der Waals surface area contributed by atoms with E-state index in [0.29, 0.717) is 5.65 Å². The summed E-state index contributed by atoms with van der Waals surface area (Å²) in [7, 11) is 0. The number of rotatable bonds is 4. The van der Waals surface area contributed by atoms with Crippen LogP contribution in [0.5, 0.6) is 0 Å². The number of aromatic nitrogens is 4. The summed E-state index contributed by atoms with van der Waals surface area (Å²) < 4.78 is 25.5. The monoisotopic (exact) mass is 515 g/mol. The lowest BCUT2D eigenvalue weighted by molar-refractivity contribution is -0.160. The number of carbonyl (C=O) groups excluding carboxylic acids is 2. The van der Waals surface area contributed by atoms with Crippen LogP contribution in [-0.2, 0) is 18.9 Å². The molecule has 0 spiro atoms. The normalized spacial score (nSPS) is 25.1. The Morgan fingerprint density at radius 1 is 1.08 bits per heavy atom. The lowest BCUT2D eigenvalue weighted by Crippen LogP contribution is -2.44. The van der Waals surface area contributed by atoms with Gasteiger partial charge in [-0.1, -0.05) is 6.08 Å². The lowest BCUT2D eigenvalue weighted by atomic mass is 10.0. The van der Waals surface area contributed by atoms with Gasteiger partial charge in [-0.15, -0.1) is 6.58 Å². The van der Waals surface area contributed by atoms with Gasteiger partial charge in [0.2, 0.25) is 0 Å². The first-order valence-electron chi connectivity index (χ1n) is 12.5. The molecule has 1 saturated heterocycles. The molecule has 37 heavy (non-hydrogen) atoms. The zero-order valence-corrected chi connectivity index (χ0v) is 22.8. The number of fused-ring (bicyclic) bond motifs is 2. The molecule has 0 N–H and O–H groups in total. The second kappa shape index (κ2) is 9.36. The third-order valence-electron chi connectivity index (χ3n) is 6.08. The van der Waals surface area contributed by atoms with Crippen molar-refractivity contribution in [3.8, 4) is 0 Å². The van der Waals surface area contributed by atoms with E-state index in [1.54, 1.807) is 47.9 Å². The van der Waals surface area contributed by atoms with Gasteiger partial charge >= 0.3 is 12.2 Å². The van der Waals surface area contributed by atoms with Crippen LogP contribution in [0.1, 0.15) is 74.3 Å². The number of imide groups is 1. The molecular weight excluding hydrogens is 478 g/mol. The number of imidazole rings is 1. The predicted molar refractivity (Wildman–Crippen MR) is 136 cm³/mol.